The molecule has 6 heteroatoms. The van der Waals surface area contributed by atoms with Crippen molar-refractivity contribution in [3.8, 4) is 0 Å². The second kappa shape index (κ2) is 75.8. The number of hydrogen-bond donors (Lipinski definition) is 3. The van der Waals surface area contributed by atoms with E-state index in [0.717, 1.165) is 44.9 Å². The third-order valence-electron chi connectivity index (χ3n) is 18.8. The SMILES string of the molecule is CCCCCCCCCCCCCCCCCCCCCCCCCC(O)C(CO)NC(=O)CCCCCCCCCCCCCCCCCCC/C=C\C/C=C\CCCCCCCCCCCCCOC(=O)CCCCCCCCCCCCC. The van der Waals surface area contributed by atoms with Crippen molar-refractivity contribution in [2.75, 3.05) is 13.2 Å². The first kappa shape index (κ1) is 84.3. The molecule has 0 aliphatic heterocycles. The molecule has 0 aliphatic rings. The van der Waals surface area contributed by atoms with Crippen molar-refractivity contribution < 1.29 is 24.5 Å². The topological polar surface area (TPSA) is 95.9 Å². The summed E-state index contributed by atoms with van der Waals surface area (Å²) in [6.07, 6.45) is 97.0. The van der Waals surface area contributed by atoms with Crippen LogP contribution in [0.25, 0.3) is 0 Å². The van der Waals surface area contributed by atoms with Crippen LogP contribution in [0.15, 0.2) is 24.3 Å². The van der Waals surface area contributed by atoms with Crippen LogP contribution >= 0.6 is 0 Å². The predicted octanol–water partition coefficient (Wildman–Crippen LogP) is 26.0. The van der Waals surface area contributed by atoms with E-state index in [2.05, 4.69) is 43.5 Å². The van der Waals surface area contributed by atoms with Gasteiger partial charge in [-0.05, 0) is 57.8 Å². The fourth-order valence-corrected chi connectivity index (χ4v) is 12.7. The average molecular weight is 1210 g/mol. The third-order valence-corrected chi connectivity index (χ3v) is 18.8. The Bertz CT molecular complexity index is 1350. The van der Waals surface area contributed by atoms with E-state index in [1.165, 1.54) is 372 Å². The first-order chi connectivity index (χ1) is 42.5. The number of esters is 1. The normalized spacial score (nSPS) is 12.6. The molecule has 0 saturated heterocycles. The van der Waals surface area contributed by atoms with Gasteiger partial charge in [0, 0.05) is 12.8 Å². The van der Waals surface area contributed by atoms with Gasteiger partial charge in [-0.2, -0.15) is 0 Å². The van der Waals surface area contributed by atoms with Gasteiger partial charge in [-0.3, -0.25) is 9.59 Å². The summed E-state index contributed by atoms with van der Waals surface area (Å²) in [5.74, 6) is -0.00963. The van der Waals surface area contributed by atoms with Crippen molar-refractivity contribution in [3.63, 3.8) is 0 Å². The van der Waals surface area contributed by atoms with Gasteiger partial charge in [-0.1, -0.05) is 404 Å². The standard InChI is InChI=1S/C80H155NO5/c1-3-5-7-9-11-13-15-16-17-18-19-20-34-37-40-43-46-49-53-56-60-64-68-72-78(83)77(76-82)81-79(84)73-69-65-61-57-54-50-47-44-41-38-35-32-30-28-26-24-22-21-23-25-27-29-31-33-36-39-42-45-48-51-55-59-63-67-71-75-86-80(85)74-70-66-62-58-52-14-12-10-8-6-4-2/h23,25,29,31,77-78,82-83H,3-22,24,26-28,30,32-76H2,1-2H3,(H,81,84)/b25-23-,31-29-. The number of rotatable bonds is 75. The second-order valence-electron chi connectivity index (χ2n) is 27.4. The van der Waals surface area contributed by atoms with Crippen LogP contribution in [0.5, 0.6) is 0 Å². The molecular weight excluding hydrogens is 1050 g/mol. The van der Waals surface area contributed by atoms with Crippen LogP contribution in [0.1, 0.15) is 450 Å². The van der Waals surface area contributed by atoms with Crippen molar-refractivity contribution in [2.24, 2.45) is 0 Å². The maximum atomic E-state index is 12.6. The van der Waals surface area contributed by atoms with Gasteiger partial charge in [0.05, 0.1) is 25.4 Å². The number of nitrogens with one attached hydrogen (secondary N) is 1. The molecule has 0 aliphatic carbocycles. The minimum absolute atomic E-state index is 0.0173. The summed E-state index contributed by atoms with van der Waals surface area (Å²) in [5.41, 5.74) is 0. The van der Waals surface area contributed by atoms with Gasteiger partial charge in [0.25, 0.3) is 0 Å². The molecule has 3 N–H and O–H groups in total. The molecule has 0 aromatic heterocycles. The lowest BCUT2D eigenvalue weighted by atomic mass is 10.0. The van der Waals surface area contributed by atoms with Crippen molar-refractivity contribution >= 4 is 11.9 Å². The molecule has 0 aromatic rings. The van der Waals surface area contributed by atoms with E-state index >= 15 is 0 Å². The third kappa shape index (κ3) is 71.4. The Kier molecular flexibility index (Phi) is 74.3. The zero-order valence-corrected chi connectivity index (χ0v) is 58.6. The van der Waals surface area contributed by atoms with Gasteiger partial charge in [0.2, 0.25) is 5.91 Å². The van der Waals surface area contributed by atoms with Crippen LogP contribution in [0.3, 0.4) is 0 Å². The van der Waals surface area contributed by atoms with Gasteiger partial charge in [0.15, 0.2) is 0 Å². The summed E-state index contributed by atoms with van der Waals surface area (Å²) < 4.78 is 5.48. The number of amides is 1. The van der Waals surface area contributed by atoms with Crippen molar-refractivity contribution in [2.45, 2.75) is 463 Å². The molecule has 0 spiro atoms. The number of ether oxygens (including phenoxy) is 1. The van der Waals surface area contributed by atoms with Gasteiger partial charge >= 0.3 is 5.97 Å². The van der Waals surface area contributed by atoms with Gasteiger partial charge in [0.1, 0.15) is 0 Å². The molecule has 0 saturated carbocycles. The molecule has 0 aromatic carbocycles. The minimum Gasteiger partial charge on any atom is -0.466 e. The lowest BCUT2D eigenvalue weighted by Gasteiger charge is -2.22. The fourth-order valence-electron chi connectivity index (χ4n) is 12.7. The highest BCUT2D eigenvalue weighted by Gasteiger charge is 2.20. The molecule has 0 fully saturated rings. The summed E-state index contributed by atoms with van der Waals surface area (Å²) >= 11 is 0. The molecule has 2 atom stereocenters. The number of allylic oxidation sites excluding steroid dienone is 4. The average Bonchev–Trinajstić information content (AvgIpc) is 3.58. The van der Waals surface area contributed by atoms with Crippen molar-refractivity contribution in [1.29, 1.82) is 0 Å². The van der Waals surface area contributed by atoms with Crippen LogP contribution in [0.4, 0.5) is 0 Å². The molecule has 0 radical (unpaired) electrons. The first-order valence-electron chi connectivity index (χ1n) is 39.6. The molecule has 0 heterocycles. The molecular formula is C80H155NO5. The lowest BCUT2D eigenvalue weighted by Crippen LogP contribution is -2.45. The maximum Gasteiger partial charge on any atom is 0.305 e. The summed E-state index contributed by atoms with van der Waals surface area (Å²) in [7, 11) is 0. The maximum absolute atomic E-state index is 12.6. The summed E-state index contributed by atoms with van der Waals surface area (Å²) in [5, 5.41) is 23.5. The minimum atomic E-state index is -0.664. The smallest absolute Gasteiger partial charge is 0.305 e. The lowest BCUT2D eigenvalue weighted by molar-refractivity contribution is -0.143. The van der Waals surface area contributed by atoms with Gasteiger partial charge in [-0.25, -0.2) is 0 Å². The molecule has 1 amide bonds. The molecule has 510 valence electrons. The predicted molar refractivity (Wildman–Crippen MR) is 380 cm³/mol. The highest BCUT2D eigenvalue weighted by Crippen LogP contribution is 2.20. The van der Waals surface area contributed by atoms with Crippen LogP contribution in [-0.2, 0) is 14.3 Å². The summed E-state index contributed by atoms with van der Waals surface area (Å²) in [4.78, 5) is 24.6. The highest BCUT2D eigenvalue weighted by molar-refractivity contribution is 5.76. The Hall–Kier alpha value is -1.66. The van der Waals surface area contributed by atoms with Crippen molar-refractivity contribution in [3.05, 3.63) is 24.3 Å². The summed E-state index contributed by atoms with van der Waals surface area (Å²) in [6.45, 7) is 5.00. The quantitative estimate of drug-likeness (QED) is 0.0320. The fraction of sp³-hybridized carbons (Fsp3) is 0.925. The van der Waals surface area contributed by atoms with E-state index in [0.29, 0.717) is 25.9 Å². The number of aliphatic hydroxyl groups is 2. The molecule has 2 unspecified atom stereocenters. The zero-order chi connectivity index (χ0) is 62.0. The number of unbranched alkanes of at least 4 members (excludes halogenated alkanes) is 60. The van der Waals surface area contributed by atoms with Crippen LogP contribution in [0.2, 0.25) is 0 Å². The Morgan fingerprint density at radius 2 is 0.581 bits per heavy atom. The molecule has 0 rings (SSSR count). The van der Waals surface area contributed by atoms with E-state index in [4.69, 9.17) is 4.74 Å². The van der Waals surface area contributed by atoms with Crippen LogP contribution in [-0.4, -0.2) is 47.4 Å². The van der Waals surface area contributed by atoms with E-state index in [9.17, 15) is 19.8 Å². The number of carbonyl (C=O) groups excluding carboxylic acids is 2. The number of aliphatic hydroxyl groups excluding tert-OH is 2. The van der Waals surface area contributed by atoms with E-state index in [1.54, 1.807) is 0 Å². The van der Waals surface area contributed by atoms with Crippen LogP contribution < -0.4 is 5.32 Å². The Labute approximate surface area is 539 Å². The van der Waals surface area contributed by atoms with E-state index in [1.807, 2.05) is 0 Å². The Morgan fingerprint density at radius 1 is 0.326 bits per heavy atom. The van der Waals surface area contributed by atoms with E-state index in [-0.39, 0.29) is 18.5 Å². The molecule has 6 nitrogen and oxygen atoms in total. The largest absolute Gasteiger partial charge is 0.466 e. The molecule has 0 bridgehead atoms. The summed E-state index contributed by atoms with van der Waals surface area (Å²) in [6, 6.07) is -0.541. The Balaban J connectivity index is 3.37. The van der Waals surface area contributed by atoms with Gasteiger partial charge in [-0.15, -0.1) is 0 Å². The van der Waals surface area contributed by atoms with Gasteiger partial charge < -0.3 is 20.3 Å². The number of carbonyl (C=O) groups is 2. The zero-order valence-electron chi connectivity index (χ0n) is 58.6. The number of hydrogen-bond acceptors (Lipinski definition) is 5. The van der Waals surface area contributed by atoms with Crippen molar-refractivity contribution in [1.82, 2.24) is 5.32 Å². The molecule has 86 heavy (non-hydrogen) atoms. The second-order valence-corrected chi connectivity index (χ2v) is 27.4. The van der Waals surface area contributed by atoms with E-state index < -0.39 is 12.1 Å². The highest BCUT2D eigenvalue weighted by atomic mass is 16.5. The first-order valence-corrected chi connectivity index (χ1v) is 39.6. The monoisotopic (exact) mass is 1210 g/mol. The Morgan fingerprint density at radius 3 is 0.884 bits per heavy atom. The van der Waals surface area contributed by atoms with Crippen LogP contribution in [0, 0.1) is 0 Å².